The zero-order chi connectivity index (χ0) is 17.3. The molecule has 3 fully saturated rings. The average molecular weight is 332 g/mol. The van der Waals surface area contributed by atoms with E-state index in [-0.39, 0.29) is 29.1 Å². The minimum absolute atomic E-state index is 0.0136. The fourth-order valence-electron chi connectivity index (χ4n) is 7.37. The summed E-state index contributed by atoms with van der Waals surface area (Å²) in [5.41, 5.74) is 0.495. The number of ketones is 1. The lowest BCUT2D eigenvalue weighted by molar-refractivity contribution is -0.139. The van der Waals surface area contributed by atoms with E-state index in [2.05, 4.69) is 13.8 Å². The summed E-state index contributed by atoms with van der Waals surface area (Å²) in [6, 6.07) is 0. The van der Waals surface area contributed by atoms with E-state index in [1.807, 2.05) is 13.0 Å². The first-order valence-electron chi connectivity index (χ1n) is 9.83. The predicted molar refractivity (Wildman–Crippen MR) is 93.3 cm³/mol. The number of hydrogen-bond donors (Lipinski definition) is 2. The molecule has 4 aliphatic carbocycles. The first-order valence-corrected chi connectivity index (χ1v) is 9.83. The largest absolute Gasteiger partial charge is 0.395 e. The molecule has 0 heterocycles. The van der Waals surface area contributed by atoms with Gasteiger partial charge in [-0.15, -0.1) is 0 Å². The zero-order valence-electron chi connectivity index (χ0n) is 15.3. The molecule has 3 heteroatoms. The average Bonchev–Trinajstić information content (AvgIpc) is 2.77. The van der Waals surface area contributed by atoms with Crippen molar-refractivity contribution in [1.29, 1.82) is 0 Å². The summed E-state index contributed by atoms with van der Waals surface area (Å²) >= 11 is 0. The van der Waals surface area contributed by atoms with Crippen LogP contribution < -0.4 is 0 Å². The van der Waals surface area contributed by atoms with Crippen molar-refractivity contribution in [2.75, 3.05) is 6.61 Å². The molecule has 134 valence electrons. The summed E-state index contributed by atoms with van der Waals surface area (Å²) in [4.78, 5) is 12.1. The van der Waals surface area contributed by atoms with Gasteiger partial charge in [0, 0.05) is 11.8 Å². The molecule has 0 radical (unpaired) electrons. The van der Waals surface area contributed by atoms with E-state index < -0.39 is 5.60 Å². The second-order valence-corrected chi connectivity index (χ2v) is 9.62. The molecule has 2 unspecified atom stereocenters. The summed E-state index contributed by atoms with van der Waals surface area (Å²) in [5.74, 6) is 2.08. The molecule has 24 heavy (non-hydrogen) atoms. The highest BCUT2D eigenvalue weighted by molar-refractivity contribution is 5.92. The predicted octanol–water partition coefficient (Wildman–Crippen LogP) is 3.49. The zero-order valence-corrected chi connectivity index (χ0v) is 15.3. The molecule has 0 bridgehead atoms. The van der Waals surface area contributed by atoms with E-state index in [1.54, 1.807) is 0 Å². The molecule has 0 saturated heterocycles. The van der Waals surface area contributed by atoms with Crippen LogP contribution in [0.3, 0.4) is 0 Å². The van der Waals surface area contributed by atoms with Gasteiger partial charge in [0.05, 0.1) is 12.2 Å². The molecule has 2 N–H and O–H groups in total. The number of rotatable bonds is 1. The number of fused-ring (bicyclic) bond motifs is 5. The van der Waals surface area contributed by atoms with Crippen LogP contribution in [0.1, 0.15) is 65.7 Å². The van der Waals surface area contributed by atoms with Gasteiger partial charge in [-0.25, -0.2) is 0 Å². The summed E-state index contributed by atoms with van der Waals surface area (Å²) in [6.07, 6.45) is 8.64. The third kappa shape index (κ3) is 1.89. The Hall–Kier alpha value is -0.670. The highest BCUT2D eigenvalue weighted by atomic mass is 16.3. The molecule has 0 aromatic heterocycles. The number of aliphatic hydroxyl groups excluding tert-OH is 1. The lowest BCUT2D eigenvalue weighted by Crippen LogP contribution is -2.57. The Morgan fingerprint density at radius 3 is 2.58 bits per heavy atom. The Morgan fingerprint density at radius 1 is 1.17 bits per heavy atom. The SMILES string of the molecule is CC1CC(=O)C=C2CC[C@@H]3[C@@H](CC[C@@]4(C)[C@H]3CCC4(C)O)[C@]21CO. The van der Waals surface area contributed by atoms with Crippen molar-refractivity contribution in [3.63, 3.8) is 0 Å². The standard InChI is InChI=1S/C21H32O3/c1-13-10-15(23)11-14-4-5-16-17-7-9-20(3,24)19(17,2)8-6-18(16)21(13,14)12-22/h11,13,16-18,22,24H,4-10,12H2,1-3H3/t13?,16-,17-,18+,19-,20?,21-/m0/s1. The molecule has 0 spiro atoms. The van der Waals surface area contributed by atoms with Crippen LogP contribution in [-0.2, 0) is 4.79 Å². The van der Waals surface area contributed by atoms with E-state index in [9.17, 15) is 15.0 Å². The van der Waals surface area contributed by atoms with Gasteiger partial charge in [0.1, 0.15) is 0 Å². The molecule has 0 aromatic rings. The minimum atomic E-state index is -0.556. The molecular weight excluding hydrogens is 300 g/mol. The highest BCUT2D eigenvalue weighted by Crippen LogP contribution is 2.68. The number of aliphatic hydroxyl groups is 2. The number of carbonyl (C=O) groups is 1. The van der Waals surface area contributed by atoms with Gasteiger partial charge in [0.15, 0.2) is 5.78 Å². The summed E-state index contributed by atoms with van der Waals surface area (Å²) in [5, 5.41) is 21.5. The Kier molecular flexibility index (Phi) is 3.61. The van der Waals surface area contributed by atoms with Crippen LogP contribution in [0.2, 0.25) is 0 Å². The van der Waals surface area contributed by atoms with Crippen LogP contribution in [0.5, 0.6) is 0 Å². The second kappa shape index (κ2) is 5.17. The van der Waals surface area contributed by atoms with Crippen LogP contribution in [0.25, 0.3) is 0 Å². The van der Waals surface area contributed by atoms with Gasteiger partial charge >= 0.3 is 0 Å². The maximum Gasteiger partial charge on any atom is 0.155 e. The van der Waals surface area contributed by atoms with Crippen molar-refractivity contribution in [1.82, 2.24) is 0 Å². The van der Waals surface area contributed by atoms with E-state index in [4.69, 9.17) is 0 Å². The summed E-state index contributed by atoms with van der Waals surface area (Å²) in [6.45, 7) is 6.67. The Labute approximate surface area is 145 Å². The molecule has 4 aliphatic rings. The summed E-state index contributed by atoms with van der Waals surface area (Å²) < 4.78 is 0. The quantitative estimate of drug-likeness (QED) is 0.773. The monoisotopic (exact) mass is 332 g/mol. The van der Waals surface area contributed by atoms with Gasteiger partial charge in [-0.1, -0.05) is 19.4 Å². The first kappa shape index (κ1) is 16.8. The van der Waals surface area contributed by atoms with Gasteiger partial charge in [-0.05, 0) is 80.6 Å². The van der Waals surface area contributed by atoms with Crippen LogP contribution >= 0.6 is 0 Å². The molecule has 0 amide bonds. The first-order chi connectivity index (χ1) is 11.3. The lowest BCUT2D eigenvalue weighted by Gasteiger charge is -2.60. The van der Waals surface area contributed by atoms with Crippen LogP contribution in [-0.4, -0.2) is 28.2 Å². The smallest absolute Gasteiger partial charge is 0.155 e. The van der Waals surface area contributed by atoms with E-state index in [0.29, 0.717) is 24.2 Å². The van der Waals surface area contributed by atoms with Crippen molar-refractivity contribution >= 4 is 5.78 Å². The van der Waals surface area contributed by atoms with Crippen LogP contribution in [0, 0.1) is 34.5 Å². The normalized spacial score (nSPS) is 53.9. The second-order valence-electron chi connectivity index (χ2n) is 9.62. The van der Waals surface area contributed by atoms with E-state index >= 15 is 0 Å². The van der Waals surface area contributed by atoms with Crippen molar-refractivity contribution in [3.05, 3.63) is 11.6 Å². The molecule has 3 saturated carbocycles. The van der Waals surface area contributed by atoms with E-state index in [0.717, 1.165) is 38.5 Å². The Morgan fingerprint density at radius 2 is 1.88 bits per heavy atom. The van der Waals surface area contributed by atoms with Crippen molar-refractivity contribution in [2.24, 2.45) is 34.5 Å². The third-order valence-electron chi connectivity index (χ3n) is 8.99. The van der Waals surface area contributed by atoms with Crippen molar-refractivity contribution < 1.29 is 15.0 Å². The Bertz CT molecular complexity index is 592. The van der Waals surface area contributed by atoms with Crippen LogP contribution in [0.4, 0.5) is 0 Å². The van der Waals surface area contributed by atoms with E-state index in [1.165, 1.54) is 5.57 Å². The van der Waals surface area contributed by atoms with Crippen molar-refractivity contribution in [2.45, 2.75) is 71.3 Å². The topological polar surface area (TPSA) is 57.5 Å². The van der Waals surface area contributed by atoms with Gasteiger partial charge in [0.2, 0.25) is 0 Å². The van der Waals surface area contributed by atoms with Gasteiger partial charge in [-0.3, -0.25) is 4.79 Å². The fourth-order valence-corrected chi connectivity index (χ4v) is 7.37. The third-order valence-corrected chi connectivity index (χ3v) is 8.99. The highest BCUT2D eigenvalue weighted by Gasteiger charge is 2.64. The molecule has 0 aliphatic heterocycles. The number of hydrogen-bond acceptors (Lipinski definition) is 3. The molecule has 4 rings (SSSR count). The molecule has 7 atom stereocenters. The van der Waals surface area contributed by atoms with Gasteiger partial charge in [0.25, 0.3) is 0 Å². The Balaban J connectivity index is 1.75. The van der Waals surface area contributed by atoms with Crippen LogP contribution in [0.15, 0.2) is 11.6 Å². The molecular formula is C21H32O3. The maximum atomic E-state index is 12.1. The fraction of sp³-hybridized carbons (Fsp3) is 0.857. The molecule has 3 nitrogen and oxygen atoms in total. The summed E-state index contributed by atoms with van der Waals surface area (Å²) in [7, 11) is 0. The number of carbonyl (C=O) groups excluding carboxylic acids is 1. The minimum Gasteiger partial charge on any atom is -0.395 e. The van der Waals surface area contributed by atoms with Crippen molar-refractivity contribution in [3.8, 4) is 0 Å². The lowest BCUT2D eigenvalue weighted by atomic mass is 9.44. The van der Waals surface area contributed by atoms with Gasteiger partial charge < -0.3 is 10.2 Å². The van der Waals surface area contributed by atoms with Gasteiger partial charge in [-0.2, -0.15) is 0 Å². The molecule has 0 aromatic carbocycles. The maximum absolute atomic E-state index is 12.1.